The minimum atomic E-state index is -0.276. The van der Waals surface area contributed by atoms with E-state index in [1.54, 1.807) is 0 Å². The van der Waals surface area contributed by atoms with Crippen LogP contribution in [-0.2, 0) is 9.53 Å². The average Bonchev–Trinajstić information content (AvgIpc) is 2.77. The van der Waals surface area contributed by atoms with Crippen LogP contribution in [-0.4, -0.2) is 12.1 Å². The molecule has 1 aliphatic carbocycles. The van der Waals surface area contributed by atoms with E-state index >= 15 is 0 Å². The van der Waals surface area contributed by atoms with Gasteiger partial charge in [0.2, 0.25) is 0 Å². The molecule has 0 radical (unpaired) electrons. The fourth-order valence-corrected chi connectivity index (χ4v) is 2.68. The van der Waals surface area contributed by atoms with Gasteiger partial charge in [-0.15, -0.1) is 0 Å². The van der Waals surface area contributed by atoms with E-state index in [0.717, 1.165) is 18.8 Å². The van der Waals surface area contributed by atoms with Crippen molar-refractivity contribution in [2.45, 2.75) is 64.9 Å². The summed E-state index contributed by atoms with van der Waals surface area (Å²) >= 11 is 0. The Kier molecular flexibility index (Phi) is 6.31. The number of rotatable bonds is 7. The van der Waals surface area contributed by atoms with E-state index in [4.69, 9.17) is 4.74 Å². The van der Waals surface area contributed by atoms with Crippen LogP contribution in [0, 0.1) is 11.8 Å². The predicted octanol–water partition coefficient (Wildman–Crippen LogP) is 4.10. The van der Waals surface area contributed by atoms with Gasteiger partial charge in [-0.2, -0.15) is 0 Å². The first-order chi connectivity index (χ1) is 8.11. The summed E-state index contributed by atoms with van der Waals surface area (Å²) in [5, 5.41) is 0. The van der Waals surface area contributed by atoms with Crippen molar-refractivity contribution in [3.63, 3.8) is 0 Å². The molecule has 1 atom stereocenters. The molecule has 0 N–H and O–H groups in total. The third-order valence-electron chi connectivity index (χ3n) is 3.56. The van der Waals surface area contributed by atoms with Crippen molar-refractivity contribution in [2.24, 2.45) is 11.8 Å². The lowest BCUT2D eigenvalue weighted by Gasteiger charge is -2.20. The zero-order valence-corrected chi connectivity index (χ0v) is 11.3. The fourth-order valence-electron chi connectivity index (χ4n) is 2.68. The van der Waals surface area contributed by atoms with E-state index in [1.807, 2.05) is 0 Å². The highest BCUT2D eigenvalue weighted by atomic mass is 16.5. The standard InChI is InChI=1S/C15H26O2/c1-4-15(16)17-14(11-12(2)3)10-9-13-7-5-6-8-13/h4,12-14H,1,5-11H2,2-3H3. The van der Waals surface area contributed by atoms with Crippen molar-refractivity contribution in [3.8, 4) is 0 Å². The SMILES string of the molecule is C=CC(=O)OC(CCC1CCCC1)CC(C)C. The molecule has 0 spiro atoms. The maximum atomic E-state index is 11.3. The number of hydrogen-bond acceptors (Lipinski definition) is 2. The van der Waals surface area contributed by atoms with Crippen LogP contribution in [0.3, 0.4) is 0 Å². The molecule has 0 amide bonds. The second kappa shape index (κ2) is 7.52. The molecule has 17 heavy (non-hydrogen) atoms. The maximum absolute atomic E-state index is 11.3. The molecule has 0 bridgehead atoms. The number of carbonyl (C=O) groups excluding carboxylic acids is 1. The van der Waals surface area contributed by atoms with Crippen LogP contribution in [0.25, 0.3) is 0 Å². The van der Waals surface area contributed by atoms with Crippen LogP contribution in [0.2, 0.25) is 0 Å². The molecule has 0 aromatic heterocycles. The van der Waals surface area contributed by atoms with Gasteiger partial charge in [0.15, 0.2) is 0 Å². The third kappa shape index (κ3) is 5.90. The van der Waals surface area contributed by atoms with Crippen molar-refractivity contribution in [2.75, 3.05) is 0 Å². The molecule has 0 aromatic carbocycles. The van der Waals surface area contributed by atoms with Crippen molar-refractivity contribution in [3.05, 3.63) is 12.7 Å². The lowest BCUT2D eigenvalue weighted by atomic mass is 9.95. The Bertz CT molecular complexity index is 239. The second-order valence-electron chi connectivity index (χ2n) is 5.62. The summed E-state index contributed by atoms with van der Waals surface area (Å²) in [6.45, 7) is 7.80. The molecule has 98 valence electrons. The monoisotopic (exact) mass is 238 g/mol. The lowest BCUT2D eigenvalue weighted by Crippen LogP contribution is -2.20. The highest BCUT2D eigenvalue weighted by molar-refractivity contribution is 5.81. The van der Waals surface area contributed by atoms with Gasteiger partial charge < -0.3 is 4.74 Å². The van der Waals surface area contributed by atoms with Gasteiger partial charge in [0.1, 0.15) is 6.10 Å². The van der Waals surface area contributed by atoms with Crippen LogP contribution < -0.4 is 0 Å². The van der Waals surface area contributed by atoms with Gasteiger partial charge in [-0.05, 0) is 31.1 Å². The summed E-state index contributed by atoms with van der Waals surface area (Å²) in [6, 6.07) is 0. The average molecular weight is 238 g/mol. The highest BCUT2D eigenvalue weighted by Gasteiger charge is 2.19. The largest absolute Gasteiger partial charge is 0.459 e. The molecule has 1 fully saturated rings. The van der Waals surface area contributed by atoms with Crippen LogP contribution in [0.1, 0.15) is 58.8 Å². The van der Waals surface area contributed by atoms with Gasteiger partial charge >= 0.3 is 5.97 Å². The first-order valence-corrected chi connectivity index (χ1v) is 6.95. The summed E-state index contributed by atoms with van der Waals surface area (Å²) < 4.78 is 5.41. The molecule has 0 saturated heterocycles. The van der Waals surface area contributed by atoms with E-state index in [-0.39, 0.29) is 12.1 Å². The summed E-state index contributed by atoms with van der Waals surface area (Å²) in [7, 11) is 0. The number of carbonyl (C=O) groups is 1. The number of hydrogen-bond donors (Lipinski definition) is 0. The number of esters is 1. The van der Waals surface area contributed by atoms with Gasteiger partial charge in [-0.1, -0.05) is 46.1 Å². The van der Waals surface area contributed by atoms with Gasteiger partial charge in [0.05, 0.1) is 0 Å². The van der Waals surface area contributed by atoms with Crippen molar-refractivity contribution in [1.29, 1.82) is 0 Å². The molecule has 2 nitrogen and oxygen atoms in total. The van der Waals surface area contributed by atoms with E-state index in [9.17, 15) is 4.79 Å². The zero-order chi connectivity index (χ0) is 12.7. The molecule has 1 saturated carbocycles. The molecule has 0 heterocycles. The van der Waals surface area contributed by atoms with Crippen LogP contribution in [0.15, 0.2) is 12.7 Å². The van der Waals surface area contributed by atoms with Crippen molar-refractivity contribution < 1.29 is 9.53 Å². The molecular formula is C15H26O2. The van der Waals surface area contributed by atoms with Crippen LogP contribution in [0.4, 0.5) is 0 Å². The molecule has 0 aromatic rings. The molecule has 1 rings (SSSR count). The highest BCUT2D eigenvalue weighted by Crippen LogP contribution is 2.30. The quantitative estimate of drug-likeness (QED) is 0.493. The molecular weight excluding hydrogens is 212 g/mol. The van der Waals surface area contributed by atoms with Crippen molar-refractivity contribution >= 4 is 5.97 Å². The first kappa shape index (κ1) is 14.3. The Hall–Kier alpha value is -0.790. The van der Waals surface area contributed by atoms with E-state index in [1.165, 1.54) is 38.2 Å². The molecule has 0 aliphatic heterocycles. The summed E-state index contributed by atoms with van der Waals surface area (Å²) in [4.78, 5) is 11.3. The van der Waals surface area contributed by atoms with Gasteiger partial charge in [-0.25, -0.2) is 4.79 Å². The first-order valence-electron chi connectivity index (χ1n) is 6.95. The Morgan fingerprint density at radius 2 is 2.06 bits per heavy atom. The Labute approximate surface area is 105 Å². The lowest BCUT2D eigenvalue weighted by molar-refractivity contribution is -0.144. The Balaban J connectivity index is 2.33. The summed E-state index contributed by atoms with van der Waals surface area (Å²) in [5.41, 5.74) is 0. The number of ether oxygens (including phenoxy) is 1. The van der Waals surface area contributed by atoms with Gasteiger partial charge in [0, 0.05) is 6.08 Å². The fraction of sp³-hybridized carbons (Fsp3) is 0.800. The van der Waals surface area contributed by atoms with Gasteiger partial charge in [-0.3, -0.25) is 0 Å². The summed E-state index contributed by atoms with van der Waals surface area (Å²) in [6.07, 6.45) is 10.0. The smallest absolute Gasteiger partial charge is 0.330 e. The minimum absolute atomic E-state index is 0.0844. The van der Waals surface area contributed by atoms with Crippen LogP contribution in [0.5, 0.6) is 0 Å². The topological polar surface area (TPSA) is 26.3 Å². The van der Waals surface area contributed by atoms with E-state index in [2.05, 4.69) is 20.4 Å². The normalized spacial score (nSPS) is 18.3. The molecule has 1 aliphatic rings. The van der Waals surface area contributed by atoms with Crippen LogP contribution >= 0.6 is 0 Å². The van der Waals surface area contributed by atoms with E-state index < -0.39 is 0 Å². The Morgan fingerprint density at radius 1 is 1.41 bits per heavy atom. The Morgan fingerprint density at radius 3 is 2.59 bits per heavy atom. The summed E-state index contributed by atoms with van der Waals surface area (Å²) in [5.74, 6) is 1.16. The molecule has 1 unspecified atom stereocenters. The third-order valence-corrected chi connectivity index (χ3v) is 3.56. The van der Waals surface area contributed by atoms with Crippen molar-refractivity contribution in [1.82, 2.24) is 0 Å². The maximum Gasteiger partial charge on any atom is 0.330 e. The second-order valence-corrected chi connectivity index (χ2v) is 5.62. The zero-order valence-electron chi connectivity index (χ0n) is 11.3. The minimum Gasteiger partial charge on any atom is -0.459 e. The predicted molar refractivity (Wildman–Crippen MR) is 70.7 cm³/mol. The van der Waals surface area contributed by atoms with E-state index in [0.29, 0.717) is 5.92 Å². The molecule has 2 heteroatoms. The van der Waals surface area contributed by atoms with Gasteiger partial charge in [0.25, 0.3) is 0 Å².